The lowest BCUT2D eigenvalue weighted by molar-refractivity contribution is 0.0536. The van der Waals surface area contributed by atoms with Gasteiger partial charge < -0.3 is 9.84 Å². The summed E-state index contributed by atoms with van der Waals surface area (Å²) in [6, 6.07) is 6.02. The van der Waals surface area contributed by atoms with Gasteiger partial charge in [-0.05, 0) is 18.6 Å². The van der Waals surface area contributed by atoms with Crippen LogP contribution in [0.1, 0.15) is 46.9 Å². The lowest BCUT2D eigenvalue weighted by atomic mass is 10.1. The Balaban J connectivity index is 2.54. The van der Waals surface area contributed by atoms with Gasteiger partial charge in [0.2, 0.25) is 0 Å². The summed E-state index contributed by atoms with van der Waals surface area (Å²) in [5, 5.41) is 8.96. The van der Waals surface area contributed by atoms with Crippen LogP contribution in [0.5, 0.6) is 0 Å². The largest absolute Gasteiger partial charge is 0.478 e. The van der Waals surface area contributed by atoms with Gasteiger partial charge in [0.15, 0.2) is 0 Å². The molecule has 4 heteroatoms. The molecule has 0 bridgehead atoms. The first-order chi connectivity index (χ1) is 9.16. The molecule has 0 aliphatic heterocycles. The van der Waals surface area contributed by atoms with Gasteiger partial charge in [-0.3, -0.25) is 0 Å². The third-order valence-corrected chi connectivity index (χ3v) is 2.58. The number of allylic oxidation sites excluding steroid dienone is 1. The van der Waals surface area contributed by atoms with Gasteiger partial charge >= 0.3 is 11.9 Å². The highest BCUT2D eigenvalue weighted by Crippen LogP contribution is 2.10. The first-order valence-corrected chi connectivity index (χ1v) is 6.31. The number of ether oxygens (including phenoxy) is 1. The fourth-order valence-electron chi connectivity index (χ4n) is 1.56. The van der Waals surface area contributed by atoms with E-state index in [-0.39, 0.29) is 17.7 Å². The summed E-state index contributed by atoms with van der Waals surface area (Å²) in [7, 11) is 0. The molecular weight excluding hydrogens is 244 g/mol. The van der Waals surface area contributed by atoms with E-state index in [9.17, 15) is 9.59 Å². The smallest absolute Gasteiger partial charge is 0.339 e. The minimum Gasteiger partial charge on any atom is -0.478 e. The van der Waals surface area contributed by atoms with Crippen LogP contribution in [0.2, 0.25) is 0 Å². The maximum Gasteiger partial charge on any atom is 0.339 e. The number of hydrogen-bond acceptors (Lipinski definition) is 3. The molecule has 1 aromatic rings. The quantitative estimate of drug-likeness (QED) is 0.465. The monoisotopic (exact) mass is 262 g/mol. The Morgan fingerprint density at radius 2 is 1.89 bits per heavy atom. The molecule has 0 unspecified atom stereocenters. The van der Waals surface area contributed by atoms with Gasteiger partial charge in [-0.1, -0.05) is 44.1 Å². The Kier molecular flexibility index (Phi) is 6.36. The molecule has 0 radical (unpaired) electrons. The summed E-state index contributed by atoms with van der Waals surface area (Å²) < 4.78 is 5.01. The standard InChI is InChI=1S/C15H18O4/c1-2-3-4-5-8-11-19-15(18)13-10-7-6-9-12(13)14(16)17/h5-10H,2-4,11H2,1H3,(H,16,17). The van der Waals surface area contributed by atoms with E-state index in [1.54, 1.807) is 18.2 Å². The maximum atomic E-state index is 11.7. The number of carbonyl (C=O) groups is 2. The van der Waals surface area contributed by atoms with Crippen molar-refractivity contribution < 1.29 is 19.4 Å². The minimum absolute atomic E-state index is 0.0394. The number of carboxylic acid groups (broad SMARTS) is 1. The van der Waals surface area contributed by atoms with Crippen LogP contribution in [0.25, 0.3) is 0 Å². The van der Waals surface area contributed by atoms with Crippen molar-refractivity contribution in [3.63, 3.8) is 0 Å². The molecule has 0 aromatic heterocycles. The van der Waals surface area contributed by atoms with Crippen LogP contribution in [0.4, 0.5) is 0 Å². The third-order valence-electron chi connectivity index (χ3n) is 2.58. The van der Waals surface area contributed by atoms with Crippen LogP contribution in [0, 0.1) is 0 Å². The molecule has 4 nitrogen and oxygen atoms in total. The molecule has 0 heterocycles. The molecule has 0 saturated heterocycles. The molecule has 1 N–H and O–H groups in total. The van der Waals surface area contributed by atoms with Crippen molar-refractivity contribution in [3.05, 3.63) is 47.5 Å². The van der Waals surface area contributed by atoms with Crippen molar-refractivity contribution >= 4 is 11.9 Å². The van der Waals surface area contributed by atoms with Crippen molar-refractivity contribution in [1.82, 2.24) is 0 Å². The lowest BCUT2D eigenvalue weighted by Gasteiger charge is -2.05. The van der Waals surface area contributed by atoms with E-state index in [1.165, 1.54) is 12.1 Å². The highest BCUT2D eigenvalue weighted by Gasteiger charge is 2.16. The second-order valence-corrected chi connectivity index (χ2v) is 4.06. The zero-order chi connectivity index (χ0) is 14.1. The molecule has 0 aliphatic carbocycles. The summed E-state index contributed by atoms with van der Waals surface area (Å²) in [6.07, 6.45) is 6.92. The van der Waals surface area contributed by atoms with Crippen LogP contribution < -0.4 is 0 Å². The highest BCUT2D eigenvalue weighted by atomic mass is 16.5. The number of hydrogen-bond donors (Lipinski definition) is 1. The van der Waals surface area contributed by atoms with E-state index < -0.39 is 11.9 Å². The van der Waals surface area contributed by atoms with Crippen molar-refractivity contribution in [1.29, 1.82) is 0 Å². The fourth-order valence-corrected chi connectivity index (χ4v) is 1.56. The second-order valence-electron chi connectivity index (χ2n) is 4.06. The molecule has 0 aliphatic rings. The van der Waals surface area contributed by atoms with Gasteiger partial charge in [-0.2, -0.15) is 0 Å². The predicted octanol–water partition coefficient (Wildman–Crippen LogP) is 3.29. The summed E-state index contributed by atoms with van der Waals surface area (Å²) in [5.74, 6) is -1.75. The molecule has 1 rings (SSSR count). The van der Waals surface area contributed by atoms with E-state index in [4.69, 9.17) is 9.84 Å². The van der Waals surface area contributed by atoms with Crippen molar-refractivity contribution in [2.24, 2.45) is 0 Å². The van der Waals surface area contributed by atoms with E-state index in [2.05, 4.69) is 6.92 Å². The van der Waals surface area contributed by atoms with Gasteiger partial charge in [-0.15, -0.1) is 0 Å². The van der Waals surface area contributed by atoms with Crippen LogP contribution in [-0.4, -0.2) is 23.7 Å². The van der Waals surface area contributed by atoms with Gasteiger partial charge in [0.05, 0.1) is 11.1 Å². The minimum atomic E-state index is -1.13. The fraction of sp³-hybridized carbons (Fsp3) is 0.333. The van der Waals surface area contributed by atoms with E-state index in [1.807, 2.05) is 6.08 Å². The molecule has 102 valence electrons. The van der Waals surface area contributed by atoms with Crippen LogP contribution in [0.15, 0.2) is 36.4 Å². The van der Waals surface area contributed by atoms with Crippen LogP contribution >= 0.6 is 0 Å². The third kappa shape index (κ3) is 4.95. The normalized spacial score (nSPS) is 10.6. The number of rotatable bonds is 7. The number of benzene rings is 1. The molecular formula is C15H18O4. The average molecular weight is 262 g/mol. The van der Waals surface area contributed by atoms with E-state index >= 15 is 0 Å². The maximum absolute atomic E-state index is 11.7. The number of carboxylic acids is 1. The summed E-state index contributed by atoms with van der Waals surface area (Å²) in [6.45, 7) is 2.27. The van der Waals surface area contributed by atoms with E-state index in [0.717, 1.165) is 19.3 Å². The highest BCUT2D eigenvalue weighted by molar-refractivity contribution is 6.02. The van der Waals surface area contributed by atoms with Gasteiger partial charge in [0.25, 0.3) is 0 Å². The second kappa shape index (κ2) is 8.08. The lowest BCUT2D eigenvalue weighted by Crippen LogP contribution is -2.11. The molecule has 0 amide bonds. The predicted molar refractivity (Wildman–Crippen MR) is 72.3 cm³/mol. The Morgan fingerprint density at radius 3 is 2.53 bits per heavy atom. The molecule has 0 spiro atoms. The number of carbonyl (C=O) groups excluding carboxylic acids is 1. The molecule has 0 fully saturated rings. The van der Waals surface area contributed by atoms with Crippen molar-refractivity contribution in [3.8, 4) is 0 Å². The zero-order valence-electron chi connectivity index (χ0n) is 11.0. The Bertz CT molecular complexity index is 463. The first-order valence-electron chi connectivity index (χ1n) is 6.31. The summed E-state index contributed by atoms with van der Waals surface area (Å²) >= 11 is 0. The number of aromatic carboxylic acids is 1. The van der Waals surface area contributed by atoms with Gasteiger partial charge in [0, 0.05) is 0 Å². The molecule has 19 heavy (non-hydrogen) atoms. The molecule has 0 saturated carbocycles. The van der Waals surface area contributed by atoms with E-state index in [0.29, 0.717) is 0 Å². The molecule has 0 atom stereocenters. The number of esters is 1. The van der Waals surface area contributed by atoms with Crippen LogP contribution in [0.3, 0.4) is 0 Å². The topological polar surface area (TPSA) is 63.6 Å². The van der Waals surface area contributed by atoms with Crippen molar-refractivity contribution in [2.45, 2.75) is 26.2 Å². The Hall–Kier alpha value is -2.10. The zero-order valence-corrected chi connectivity index (χ0v) is 11.0. The van der Waals surface area contributed by atoms with Crippen LogP contribution in [-0.2, 0) is 4.74 Å². The summed E-state index contributed by atoms with van der Waals surface area (Å²) in [5.41, 5.74) is 0.0411. The average Bonchev–Trinajstić information content (AvgIpc) is 2.42. The Morgan fingerprint density at radius 1 is 1.21 bits per heavy atom. The molecule has 1 aromatic carbocycles. The SMILES string of the molecule is CCCCC=CCOC(=O)c1ccccc1C(=O)O. The van der Waals surface area contributed by atoms with Crippen molar-refractivity contribution in [2.75, 3.05) is 6.61 Å². The number of unbranched alkanes of at least 4 members (excludes halogenated alkanes) is 2. The summed E-state index contributed by atoms with van der Waals surface area (Å²) in [4.78, 5) is 22.7. The van der Waals surface area contributed by atoms with Gasteiger partial charge in [-0.25, -0.2) is 9.59 Å². The first kappa shape index (κ1) is 15.0. The Labute approximate surface area is 112 Å². The van der Waals surface area contributed by atoms with Gasteiger partial charge in [0.1, 0.15) is 6.61 Å².